The summed E-state index contributed by atoms with van der Waals surface area (Å²) in [5.74, 6) is 0. The molecule has 2 nitrogen and oxygen atoms in total. The van der Waals surface area contributed by atoms with Gasteiger partial charge in [0.2, 0.25) is 0 Å². The summed E-state index contributed by atoms with van der Waals surface area (Å²) in [5.41, 5.74) is 3.14. The van der Waals surface area contributed by atoms with Gasteiger partial charge in [0.25, 0.3) is 0 Å². The van der Waals surface area contributed by atoms with Gasteiger partial charge in [-0.15, -0.1) is 0 Å². The Balaban J connectivity index is 0.000000371. The van der Waals surface area contributed by atoms with Crippen molar-refractivity contribution in [2.24, 2.45) is 0 Å². The molecule has 0 aromatic rings. The van der Waals surface area contributed by atoms with Crippen LogP contribution in [0.25, 0.3) is 0 Å². The minimum atomic E-state index is 1.23. The summed E-state index contributed by atoms with van der Waals surface area (Å²) in [6.45, 7) is 6.47. The molecule has 0 atom stereocenters. The topological polar surface area (TPSA) is 15.3 Å². The fourth-order valence-electron chi connectivity index (χ4n) is 1.12. The van der Waals surface area contributed by atoms with Gasteiger partial charge in [-0.25, -0.2) is 5.01 Å². The summed E-state index contributed by atoms with van der Waals surface area (Å²) in [6, 6.07) is 0. The largest absolute Gasteiger partial charge is 0.258 e. The van der Waals surface area contributed by atoms with Gasteiger partial charge in [-0.1, -0.05) is 20.3 Å². The first kappa shape index (κ1) is 9.92. The summed E-state index contributed by atoms with van der Waals surface area (Å²) in [7, 11) is 1.99. The second kappa shape index (κ2) is 7.03. The SMILES string of the molecule is CC.CNN1CCCCC1. The molecule has 0 aromatic heterocycles. The van der Waals surface area contributed by atoms with Crippen molar-refractivity contribution in [1.82, 2.24) is 10.4 Å². The lowest BCUT2D eigenvalue weighted by molar-refractivity contribution is 0.171. The van der Waals surface area contributed by atoms with Crippen LogP contribution in [0.1, 0.15) is 33.1 Å². The van der Waals surface area contributed by atoms with E-state index in [2.05, 4.69) is 10.4 Å². The average molecular weight is 144 g/mol. The predicted molar refractivity (Wildman–Crippen MR) is 45.8 cm³/mol. The summed E-state index contributed by atoms with van der Waals surface area (Å²) in [5, 5.41) is 2.27. The zero-order chi connectivity index (χ0) is 7.82. The molecule has 0 spiro atoms. The van der Waals surface area contributed by atoms with Gasteiger partial charge < -0.3 is 0 Å². The number of hydrogen-bond acceptors (Lipinski definition) is 2. The van der Waals surface area contributed by atoms with Gasteiger partial charge in [0, 0.05) is 13.1 Å². The molecule has 2 heteroatoms. The Morgan fingerprint density at radius 1 is 1.00 bits per heavy atom. The minimum absolute atomic E-state index is 1.23. The van der Waals surface area contributed by atoms with Gasteiger partial charge >= 0.3 is 0 Å². The van der Waals surface area contributed by atoms with Crippen molar-refractivity contribution in [3.63, 3.8) is 0 Å². The quantitative estimate of drug-likeness (QED) is 0.602. The Labute approximate surface area is 64.6 Å². The molecular weight excluding hydrogens is 124 g/mol. The molecule has 0 amide bonds. The van der Waals surface area contributed by atoms with Crippen molar-refractivity contribution in [2.45, 2.75) is 33.1 Å². The van der Waals surface area contributed by atoms with Crippen LogP contribution in [-0.2, 0) is 0 Å². The lowest BCUT2D eigenvalue weighted by Gasteiger charge is -2.24. The molecule has 0 aromatic carbocycles. The molecule has 0 unspecified atom stereocenters. The summed E-state index contributed by atoms with van der Waals surface area (Å²) in [6.07, 6.45) is 4.14. The van der Waals surface area contributed by atoms with Crippen LogP contribution < -0.4 is 5.43 Å². The highest BCUT2D eigenvalue weighted by molar-refractivity contribution is 4.58. The van der Waals surface area contributed by atoms with Gasteiger partial charge in [0.05, 0.1) is 0 Å². The van der Waals surface area contributed by atoms with Gasteiger partial charge in [0.1, 0.15) is 0 Å². The van der Waals surface area contributed by atoms with E-state index < -0.39 is 0 Å². The lowest BCUT2D eigenvalue weighted by atomic mass is 10.2. The predicted octanol–water partition coefficient (Wildman–Crippen LogP) is 1.63. The molecule has 1 aliphatic rings. The summed E-state index contributed by atoms with van der Waals surface area (Å²) in [4.78, 5) is 0. The molecule has 1 saturated heterocycles. The van der Waals surface area contributed by atoms with E-state index in [1.165, 1.54) is 32.4 Å². The first-order valence-electron chi connectivity index (χ1n) is 4.36. The molecule has 1 heterocycles. The van der Waals surface area contributed by atoms with Crippen LogP contribution in [0.5, 0.6) is 0 Å². The molecule has 10 heavy (non-hydrogen) atoms. The maximum atomic E-state index is 3.14. The van der Waals surface area contributed by atoms with Crippen LogP contribution >= 0.6 is 0 Å². The van der Waals surface area contributed by atoms with E-state index in [0.29, 0.717) is 0 Å². The van der Waals surface area contributed by atoms with Crippen LogP contribution in [0.15, 0.2) is 0 Å². The van der Waals surface area contributed by atoms with Gasteiger partial charge in [0.15, 0.2) is 0 Å². The van der Waals surface area contributed by atoms with Crippen LogP contribution in [-0.4, -0.2) is 25.1 Å². The molecule has 1 aliphatic heterocycles. The molecule has 1 N–H and O–H groups in total. The van der Waals surface area contributed by atoms with Crippen LogP contribution in [0.3, 0.4) is 0 Å². The van der Waals surface area contributed by atoms with E-state index >= 15 is 0 Å². The van der Waals surface area contributed by atoms with E-state index in [1.54, 1.807) is 0 Å². The lowest BCUT2D eigenvalue weighted by Crippen LogP contribution is -2.38. The minimum Gasteiger partial charge on any atom is -0.258 e. The maximum absolute atomic E-state index is 3.14. The van der Waals surface area contributed by atoms with Crippen LogP contribution in [0.2, 0.25) is 0 Å². The Morgan fingerprint density at radius 3 is 1.80 bits per heavy atom. The summed E-state index contributed by atoms with van der Waals surface area (Å²) >= 11 is 0. The van der Waals surface area contributed by atoms with E-state index in [0.717, 1.165) is 0 Å². The van der Waals surface area contributed by atoms with E-state index in [-0.39, 0.29) is 0 Å². The van der Waals surface area contributed by atoms with Crippen molar-refractivity contribution < 1.29 is 0 Å². The first-order valence-corrected chi connectivity index (χ1v) is 4.36. The monoisotopic (exact) mass is 144 g/mol. The van der Waals surface area contributed by atoms with Crippen molar-refractivity contribution in [2.75, 3.05) is 20.1 Å². The van der Waals surface area contributed by atoms with Crippen LogP contribution in [0, 0.1) is 0 Å². The highest BCUT2D eigenvalue weighted by Gasteiger charge is 2.05. The standard InChI is InChI=1S/C6H14N2.C2H6/c1-7-8-5-3-2-4-6-8;1-2/h7H,2-6H2,1H3;1-2H3. The normalized spacial score (nSPS) is 19.5. The first-order chi connectivity index (χ1) is 4.93. The van der Waals surface area contributed by atoms with Gasteiger partial charge in [-0.3, -0.25) is 5.43 Å². The molecule has 0 saturated carbocycles. The third-order valence-electron chi connectivity index (χ3n) is 1.67. The zero-order valence-corrected chi connectivity index (χ0v) is 7.48. The van der Waals surface area contributed by atoms with E-state index in [1.807, 2.05) is 20.9 Å². The number of nitrogens with one attached hydrogen (secondary N) is 1. The molecule has 0 radical (unpaired) electrons. The van der Waals surface area contributed by atoms with Gasteiger partial charge in [-0.2, -0.15) is 0 Å². The molecule has 0 bridgehead atoms. The molecule has 1 fully saturated rings. The zero-order valence-electron chi connectivity index (χ0n) is 7.48. The highest BCUT2D eigenvalue weighted by Crippen LogP contribution is 2.04. The Hall–Kier alpha value is -0.0800. The fourth-order valence-corrected chi connectivity index (χ4v) is 1.12. The number of nitrogens with zero attached hydrogens (tertiary/aromatic N) is 1. The highest BCUT2D eigenvalue weighted by atomic mass is 15.5. The third kappa shape index (κ3) is 3.85. The molecule has 0 aliphatic carbocycles. The number of hydrogen-bond donors (Lipinski definition) is 1. The second-order valence-electron chi connectivity index (χ2n) is 2.27. The number of piperidine rings is 1. The molecule has 62 valence electrons. The second-order valence-corrected chi connectivity index (χ2v) is 2.27. The average Bonchev–Trinajstić information content (AvgIpc) is 2.10. The molecular formula is C8H20N2. The Morgan fingerprint density at radius 2 is 1.50 bits per heavy atom. The Bertz CT molecular complexity index is 58.3. The van der Waals surface area contributed by atoms with E-state index in [4.69, 9.17) is 0 Å². The number of hydrazine groups is 1. The van der Waals surface area contributed by atoms with Crippen molar-refractivity contribution in [3.8, 4) is 0 Å². The van der Waals surface area contributed by atoms with Crippen LogP contribution in [0.4, 0.5) is 0 Å². The third-order valence-corrected chi connectivity index (χ3v) is 1.67. The molecule has 1 rings (SSSR count). The van der Waals surface area contributed by atoms with Crippen molar-refractivity contribution >= 4 is 0 Å². The van der Waals surface area contributed by atoms with Gasteiger partial charge in [-0.05, 0) is 19.9 Å². The van der Waals surface area contributed by atoms with Crippen molar-refractivity contribution in [1.29, 1.82) is 0 Å². The van der Waals surface area contributed by atoms with Crippen molar-refractivity contribution in [3.05, 3.63) is 0 Å². The van der Waals surface area contributed by atoms with E-state index in [9.17, 15) is 0 Å². The fraction of sp³-hybridized carbons (Fsp3) is 1.00. The smallest absolute Gasteiger partial charge is 0.0130 e. The maximum Gasteiger partial charge on any atom is 0.0130 e. The Kier molecular flexibility index (Phi) is 6.98. The number of rotatable bonds is 1. The summed E-state index contributed by atoms with van der Waals surface area (Å²) < 4.78 is 0.